The molecule has 2 N–H and O–H groups in total. The van der Waals surface area contributed by atoms with Crippen molar-refractivity contribution in [1.29, 1.82) is 0 Å². The molecule has 0 aromatic heterocycles. The third kappa shape index (κ3) is 6.28. The first kappa shape index (κ1) is 22.7. The molecule has 1 aliphatic heterocycles. The summed E-state index contributed by atoms with van der Waals surface area (Å²) in [4.78, 5) is 25.4. The van der Waals surface area contributed by atoms with Crippen molar-refractivity contribution in [3.8, 4) is 0 Å². The smallest absolute Gasteiger partial charge is 0.253 e. The number of para-hydroxylation sites is 1. The first-order valence-corrected chi connectivity index (χ1v) is 11.2. The highest BCUT2D eigenvalue weighted by Gasteiger charge is 2.20. The quantitative estimate of drug-likeness (QED) is 0.515. The minimum absolute atomic E-state index is 0.0528. The normalized spacial score (nSPS) is 15.4. The fraction of sp³-hybridized carbons (Fsp3) is 0.259. The highest BCUT2D eigenvalue weighted by Crippen LogP contribution is 2.26. The number of hydrogen-bond acceptors (Lipinski definition) is 4. The van der Waals surface area contributed by atoms with E-state index in [9.17, 15) is 9.59 Å². The molecule has 1 unspecified atom stereocenters. The van der Waals surface area contributed by atoms with Gasteiger partial charge in [-0.3, -0.25) is 9.59 Å². The fourth-order valence-corrected chi connectivity index (χ4v) is 3.88. The van der Waals surface area contributed by atoms with Crippen molar-refractivity contribution in [2.75, 3.05) is 25.1 Å². The van der Waals surface area contributed by atoms with E-state index in [4.69, 9.17) is 9.47 Å². The maximum atomic E-state index is 12.7. The van der Waals surface area contributed by atoms with E-state index in [-0.39, 0.29) is 30.6 Å². The van der Waals surface area contributed by atoms with E-state index < -0.39 is 0 Å². The zero-order valence-electron chi connectivity index (χ0n) is 18.4. The van der Waals surface area contributed by atoms with Gasteiger partial charge >= 0.3 is 0 Å². The molecule has 1 fully saturated rings. The van der Waals surface area contributed by atoms with Crippen LogP contribution in [0, 0.1) is 0 Å². The molecule has 2 amide bonds. The molecule has 1 atom stereocenters. The minimum Gasteiger partial charge on any atom is -0.376 e. The van der Waals surface area contributed by atoms with Crippen molar-refractivity contribution in [3.63, 3.8) is 0 Å². The Hall–Kier alpha value is -3.48. The Bertz CT molecular complexity index is 1010. The average molecular weight is 445 g/mol. The number of ether oxygens (including phenoxy) is 2. The van der Waals surface area contributed by atoms with Crippen molar-refractivity contribution >= 4 is 17.5 Å². The van der Waals surface area contributed by atoms with Crippen LogP contribution in [-0.2, 0) is 14.3 Å². The molecule has 3 aromatic carbocycles. The van der Waals surface area contributed by atoms with Crippen molar-refractivity contribution in [1.82, 2.24) is 5.32 Å². The van der Waals surface area contributed by atoms with Crippen LogP contribution in [0.2, 0.25) is 0 Å². The summed E-state index contributed by atoms with van der Waals surface area (Å²) in [6, 6.07) is 26.5. The van der Waals surface area contributed by atoms with Crippen LogP contribution in [0.1, 0.15) is 40.4 Å². The molecule has 0 saturated carbocycles. The van der Waals surface area contributed by atoms with Crippen LogP contribution in [-0.4, -0.2) is 37.7 Å². The lowest BCUT2D eigenvalue weighted by atomic mass is 10.0. The summed E-state index contributed by atoms with van der Waals surface area (Å²) >= 11 is 0. The Labute approximate surface area is 193 Å². The van der Waals surface area contributed by atoms with E-state index in [0.29, 0.717) is 17.8 Å². The van der Waals surface area contributed by atoms with Gasteiger partial charge in [-0.1, -0.05) is 72.8 Å². The van der Waals surface area contributed by atoms with Gasteiger partial charge in [-0.15, -0.1) is 0 Å². The fourth-order valence-electron chi connectivity index (χ4n) is 3.88. The highest BCUT2D eigenvalue weighted by molar-refractivity contribution is 6.04. The maximum absolute atomic E-state index is 12.7. The monoisotopic (exact) mass is 444 g/mol. The Morgan fingerprint density at radius 1 is 0.909 bits per heavy atom. The number of carbonyl (C=O) groups is 2. The molecule has 33 heavy (non-hydrogen) atoms. The van der Waals surface area contributed by atoms with Crippen LogP contribution in [0.4, 0.5) is 5.69 Å². The van der Waals surface area contributed by atoms with Gasteiger partial charge < -0.3 is 20.1 Å². The minimum atomic E-state index is -0.372. The van der Waals surface area contributed by atoms with Crippen molar-refractivity contribution in [3.05, 3.63) is 102 Å². The van der Waals surface area contributed by atoms with E-state index in [1.807, 2.05) is 60.7 Å². The van der Waals surface area contributed by atoms with Crippen LogP contribution < -0.4 is 10.6 Å². The van der Waals surface area contributed by atoms with Crippen LogP contribution in [0.5, 0.6) is 0 Å². The molecule has 170 valence electrons. The molecule has 0 aliphatic carbocycles. The van der Waals surface area contributed by atoms with E-state index in [1.54, 1.807) is 24.3 Å². The SMILES string of the molecule is O=C(COC(c1ccccc1)c1ccccc1)Nc1ccccc1C(=O)NCC1CCCO1. The Morgan fingerprint density at radius 3 is 2.18 bits per heavy atom. The largest absolute Gasteiger partial charge is 0.376 e. The lowest BCUT2D eigenvalue weighted by Gasteiger charge is -2.19. The molecule has 1 saturated heterocycles. The summed E-state index contributed by atoms with van der Waals surface area (Å²) in [7, 11) is 0. The van der Waals surface area contributed by atoms with Gasteiger partial charge in [0.2, 0.25) is 5.91 Å². The van der Waals surface area contributed by atoms with Gasteiger partial charge in [0.05, 0.1) is 17.4 Å². The Morgan fingerprint density at radius 2 is 1.55 bits per heavy atom. The molecule has 0 spiro atoms. The van der Waals surface area contributed by atoms with Crippen molar-refractivity contribution in [2.24, 2.45) is 0 Å². The second-order valence-electron chi connectivity index (χ2n) is 7.95. The first-order valence-electron chi connectivity index (χ1n) is 11.2. The van der Waals surface area contributed by atoms with Crippen LogP contribution in [0.15, 0.2) is 84.9 Å². The third-order valence-electron chi connectivity index (χ3n) is 5.55. The number of amides is 2. The lowest BCUT2D eigenvalue weighted by Crippen LogP contribution is -2.32. The standard InChI is InChI=1S/C27H28N2O4/c30-25(19-33-26(20-10-3-1-4-11-20)21-12-5-2-6-13-21)29-24-16-8-7-15-23(24)27(31)28-18-22-14-9-17-32-22/h1-8,10-13,15-16,22,26H,9,14,17-19H2,(H,28,31)(H,29,30). The summed E-state index contributed by atoms with van der Waals surface area (Å²) in [5.74, 6) is -0.569. The molecule has 3 aromatic rings. The summed E-state index contributed by atoms with van der Waals surface area (Å²) in [6.45, 7) is 1.04. The molecule has 4 rings (SSSR count). The Kier molecular flexibility index (Phi) is 7.85. The van der Waals surface area contributed by atoms with Gasteiger partial charge in [0.1, 0.15) is 12.7 Å². The van der Waals surface area contributed by atoms with E-state index in [1.165, 1.54) is 0 Å². The summed E-state index contributed by atoms with van der Waals surface area (Å²) in [5.41, 5.74) is 2.79. The maximum Gasteiger partial charge on any atom is 0.253 e. The molecule has 6 nitrogen and oxygen atoms in total. The predicted octanol–water partition coefficient (Wildman–Crippen LogP) is 4.34. The number of rotatable bonds is 9. The Balaban J connectivity index is 1.39. The summed E-state index contributed by atoms with van der Waals surface area (Å²) < 4.78 is 11.6. The average Bonchev–Trinajstić information content (AvgIpc) is 3.38. The second-order valence-corrected chi connectivity index (χ2v) is 7.95. The number of nitrogens with one attached hydrogen (secondary N) is 2. The zero-order chi connectivity index (χ0) is 22.9. The molecule has 0 radical (unpaired) electrons. The zero-order valence-corrected chi connectivity index (χ0v) is 18.4. The predicted molar refractivity (Wildman–Crippen MR) is 127 cm³/mol. The van der Waals surface area contributed by atoms with Crippen molar-refractivity contribution < 1.29 is 19.1 Å². The molecule has 1 heterocycles. The second kappa shape index (κ2) is 11.4. The van der Waals surface area contributed by atoms with Gasteiger partial charge in [-0.05, 0) is 36.1 Å². The van der Waals surface area contributed by atoms with Gasteiger partial charge in [0.15, 0.2) is 0 Å². The van der Waals surface area contributed by atoms with Gasteiger partial charge in [0, 0.05) is 13.2 Å². The summed E-state index contributed by atoms with van der Waals surface area (Å²) in [6.07, 6.45) is 1.64. The van der Waals surface area contributed by atoms with E-state index >= 15 is 0 Å². The number of anilines is 1. The topological polar surface area (TPSA) is 76.7 Å². The van der Waals surface area contributed by atoms with E-state index in [0.717, 1.165) is 30.6 Å². The van der Waals surface area contributed by atoms with E-state index in [2.05, 4.69) is 10.6 Å². The number of benzene rings is 3. The van der Waals surface area contributed by atoms with Crippen LogP contribution >= 0.6 is 0 Å². The van der Waals surface area contributed by atoms with Gasteiger partial charge in [-0.2, -0.15) is 0 Å². The first-order chi connectivity index (χ1) is 16.2. The molecular formula is C27H28N2O4. The molecule has 1 aliphatic rings. The number of carbonyl (C=O) groups excluding carboxylic acids is 2. The van der Waals surface area contributed by atoms with Crippen molar-refractivity contribution in [2.45, 2.75) is 25.0 Å². The number of hydrogen-bond donors (Lipinski definition) is 2. The van der Waals surface area contributed by atoms with Gasteiger partial charge in [-0.25, -0.2) is 0 Å². The lowest BCUT2D eigenvalue weighted by molar-refractivity contribution is -0.121. The molecular weight excluding hydrogens is 416 g/mol. The summed E-state index contributed by atoms with van der Waals surface area (Å²) in [5, 5.41) is 5.72. The highest BCUT2D eigenvalue weighted by atomic mass is 16.5. The van der Waals surface area contributed by atoms with Crippen LogP contribution in [0.3, 0.4) is 0 Å². The molecule has 6 heteroatoms. The molecule has 0 bridgehead atoms. The third-order valence-corrected chi connectivity index (χ3v) is 5.55. The van der Waals surface area contributed by atoms with Gasteiger partial charge in [0.25, 0.3) is 5.91 Å². The van der Waals surface area contributed by atoms with Crippen LogP contribution in [0.25, 0.3) is 0 Å².